The molecule has 0 aliphatic carbocycles. The topological polar surface area (TPSA) is 52.6 Å². The van der Waals surface area contributed by atoms with Gasteiger partial charge in [0.1, 0.15) is 0 Å². The minimum atomic E-state index is -3.80. The maximum Gasteiger partial charge on any atom is 0.399 e. The van der Waals surface area contributed by atoms with Gasteiger partial charge in [-0.2, -0.15) is 8.42 Å². The zero-order chi connectivity index (χ0) is 21.5. The third-order valence-electron chi connectivity index (χ3n) is 5.45. The molecule has 0 aromatic rings. The molecule has 0 saturated carbocycles. The molecular formula is C24H50KO4S. The molecule has 0 amide bonds. The van der Waals surface area contributed by atoms with Gasteiger partial charge in [0.15, 0.2) is 0 Å². The summed E-state index contributed by atoms with van der Waals surface area (Å²) in [5.74, 6) is 0. The van der Waals surface area contributed by atoms with Gasteiger partial charge >= 0.3 is 10.4 Å². The molecule has 0 atom stereocenters. The van der Waals surface area contributed by atoms with E-state index in [4.69, 9.17) is 8.37 Å². The van der Waals surface area contributed by atoms with Gasteiger partial charge in [0.25, 0.3) is 0 Å². The summed E-state index contributed by atoms with van der Waals surface area (Å²) in [5.41, 5.74) is 0. The number of hydrogen-bond acceptors (Lipinski definition) is 4. The average molecular weight is 474 g/mol. The minimum absolute atomic E-state index is 0. The van der Waals surface area contributed by atoms with Crippen LogP contribution in [-0.2, 0) is 18.8 Å². The summed E-state index contributed by atoms with van der Waals surface area (Å²) in [6.45, 7) is 4.98. The molecule has 0 N–H and O–H groups in total. The van der Waals surface area contributed by atoms with Gasteiger partial charge in [0.05, 0.1) is 13.2 Å². The molecular weight excluding hydrogens is 423 g/mol. The van der Waals surface area contributed by atoms with E-state index >= 15 is 0 Å². The van der Waals surface area contributed by atoms with Gasteiger partial charge in [-0.05, 0) is 12.8 Å². The molecule has 0 aromatic carbocycles. The summed E-state index contributed by atoms with van der Waals surface area (Å²) in [6.07, 6.45) is 24.4. The van der Waals surface area contributed by atoms with Crippen LogP contribution in [0.25, 0.3) is 0 Å². The van der Waals surface area contributed by atoms with Crippen molar-refractivity contribution in [2.24, 2.45) is 0 Å². The van der Waals surface area contributed by atoms with Crippen molar-refractivity contribution in [1.82, 2.24) is 0 Å². The van der Waals surface area contributed by atoms with E-state index in [1.165, 1.54) is 89.9 Å². The average Bonchev–Trinajstić information content (AvgIpc) is 2.70. The van der Waals surface area contributed by atoms with Crippen molar-refractivity contribution in [2.45, 2.75) is 142 Å². The molecule has 4 nitrogen and oxygen atoms in total. The standard InChI is InChI=1S/C24H50O4S.K/c1-3-5-7-9-11-13-15-17-19-21-23-27-29(25,26)28-24-22-20-18-16-14-12-10-8-6-4-2;/h3-24H2,1-2H3;. The predicted octanol–water partition coefficient (Wildman–Crippen LogP) is 7.73. The maximum atomic E-state index is 11.7. The Morgan fingerprint density at radius 1 is 0.433 bits per heavy atom. The number of hydrogen-bond donors (Lipinski definition) is 0. The number of unbranched alkanes of at least 4 members (excludes halogenated alkanes) is 18. The second-order valence-electron chi connectivity index (χ2n) is 8.42. The molecule has 0 fully saturated rings. The van der Waals surface area contributed by atoms with E-state index in [1.54, 1.807) is 0 Å². The molecule has 0 heterocycles. The van der Waals surface area contributed by atoms with E-state index in [-0.39, 0.29) is 64.6 Å². The van der Waals surface area contributed by atoms with E-state index in [2.05, 4.69) is 13.8 Å². The molecule has 0 saturated heterocycles. The normalized spacial score (nSPS) is 11.5. The van der Waals surface area contributed by atoms with Gasteiger partial charge < -0.3 is 0 Å². The summed E-state index contributed by atoms with van der Waals surface area (Å²) in [5, 5.41) is 0. The smallest absolute Gasteiger partial charge is 0.248 e. The van der Waals surface area contributed by atoms with Gasteiger partial charge in [0.2, 0.25) is 0 Å². The minimum Gasteiger partial charge on any atom is -0.248 e. The van der Waals surface area contributed by atoms with Crippen molar-refractivity contribution >= 4 is 61.8 Å². The van der Waals surface area contributed by atoms with Gasteiger partial charge in [0, 0.05) is 51.4 Å². The van der Waals surface area contributed by atoms with Crippen molar-refractivity contribution in [2.75, 3.05) is 13.2 Å². The van der Waals surface area contributed by atoms with Gasteiger partial charge in [-0.1, -0.05) is 129 Å². The molecule has 30 heavy (non-hydrogen) atoms. The largest absolute Gasteiger partial charge is 0.399 e. The molecule has 0 aliphatic heterocycles. The first kappa shape index (κ1) is 33.7. The number of rotatable bonds is 24. The van der Waals surface area contributed by atoms with Crippen LogP contribution in [-0.4, -0.2) is 73.0 Å². The molecule has 177 valence electrons. The Kier molecular flexibility index (Phi) is 30.0. The van der Waals surface area contributed by atoms with Crippen molar-refractivity contribution in [3.63, 3.8) is 0 Å². The summed E-state index contributed by atoms with van der Waals surface area (Å²) in [6, 6.07) is 0. The Bertz CT molecular complexity index is 383. The van der Waals surface area contributed by atoms with Gasteiger partial charge in [-0.25, -0.2) is 8.37 Å². The van der Waals surface area contributed by atoms with Crippen molar-refractivity contribution in [3.8, 4) is 0 Å². The second-order valence-corrected chi connectivity index (χ2v) is 9.70. The van der Waals surface area contributed by atoms with E-state index in [0.717, 1.165) is 38.5 Å². The Hall–Kier alpha value is 1.51. The summed E-state index contributed by atoms with van der Waals surface area (Å²) < 4.78 is 33.3. The van der Waals surface area contributed by atoms with Gasteiger partial charge in [-0.3, -0.25) is 0 Å². The zero-order valence-corrected chi connectivity index (χ0v) is 24.5. The van der Waals surface area contributed by atoms with E-state index in [0.29, 0.717) is 0 Å². The van der Waals surface area contributed by atoms with Crippen molar-refractivity contribution in [3.05, 3.63) is 0 Å². The Balaban J connectivity index is 0. The molecule has 0 unspecified atom stereocenters. The van der Waals surface area contributed by atoms with Crippen molar-refractivity contribution in [1.29, 1.82) is 0 Å². The van der Waals surface area contributed by atoms with E-state index in [1.807, 2.05) is 0 Å². The van der Waals surface area contributed by atoms with Crippen LogP contribution in [0.5, 0.6) is 0 Å². The van der Waals surface area contributed by atoms with E-state index in [9.17, 15) is 8.42 Å². The maximum absolute atomic E-state index is 11.7. The second kappa shape index (κ2) is 26.8. The third kappa shape index (κ3) is 27.5. The summed E-state index contributed by atoms with van der Waals surface area (Å²) in [4.78, 5) is 0. The molecule has 0 aliphatic rings. The first-order valence-corrected chi connectivity index (χ1v) is 14.0. The Morgan fingerprint density at radius 3 is 0.933 bits per heavy atom. The van der Waals surface area contributed by atoms with Gasteiger partial charge in [-0.15, -0.1) is 0 Å². The Labute approximate surface area is 231 Å². The molecule has 6 heteroatoms. The van der Waals surface area contributed by atoms with E-state index < -0.39 is 10.4 Å². The van der Waals surface area contributed by atoms with Crippen molar-refractivity contribution < 1.29 is 16.8 Å². The fourth-order valence-electron chi connectivity index (χ4n) is 3.53. The SMILES string of the molecule is CCCCCCCCCCCCOS(=O)(=O)OCCCCCCCCCCCC.[K]. The predicted molar refractivity (Wildman–Crippen MR) is 130 cm³/mol. The first-order chi connectivity index (χ1) is 14.1. The summed E-state index contributed by atoms with van der Waals surface area (Å²) >= 11 is 0. The zero-order valence-electron chi connectivity index (χ0n) is 20.6. The van der Waals surface area contributed by atoms with Crippen LogP contribution in [0.15, 0.2) is 0 Å². The Morgan fingerprint density at radius 2 is 0.667 bits per heavy atom. The molecule has 0 aromatic heterocycles. The van der Waals surface area contributed by atoms with Crippen LogP contribution in [0.1, 0.15) is 142 Å². The first-order valence-electron chi connectivity index (χ1n) is 12.7. The monoisotopic (exact) mass is 473 g/mol. The quantitative estimate of drug-likeness (QED) is 0.106. The van der Waals surface area contributed by atoms with Crippen LogP contribution < -0.4 is 0 Å². The third-order valence-corrected chi connectivity index (χ3v) is 6.36. The van der Waals surface area contributed by atoms with Crippen LogP contribution in [0, 0.1) is 0 Å². The molecule has 0 spiro atoms. The fraction of sp³-hybridized carbons (Fsp3) is 1.00. The summed E-state index contributed by atoms with van der Waals surface area (Å²) in [7, 11) is -3.80. The molecule has 0 rings (SSSR count). The molecule has 0 bridgehead atoms. The molecule has 1 radical (unpaired) electrons. The van der Waals surface area contributed by atoms with Crippen LogP contribution in [0.2, 0.25) is 0 Å². The van der Waals surface area contributed by atoms with Crippen LogP contribution >= 0.6 is 0 Å². The van der Waals surface area contributed by atoms with Crippen LogP contribution in [0.3, 0.4) is 0 Å². The van der Waals surface area contributed by atoms with Crippen LogP contribution in [0.4, 0.5) is 0 Å². The fourth-order valence-corrected chi connectivity index (χ4v) is 4.25.